The number of carbonyl (C=O) groups excluding carboxylic acids is 1. The molecule has 2 nitrogen and oxygen atoms in total. The van der Waals surface area contributed by atoms with E-state index in [0.29, 0.717) is 24.0 Å². The minimum Gasteiger partial charge on any atom is -0.496 e. The molecule has 0 spiro atoms. The molecule has 0 heterocycles. The first-order chi connectivity index (χ1) is 8.45. The average Bonchev–Trinajstić information content (AvgIpc) is 2.26. The van der Waals surface area contributed by atoms with Gasteiger partial charge in [-0.15, -0.1) is 0 Å². The summed E-state index contributed by atoms with van der Waals surface area (Å²) in [6.07, 6.45) is 1.67. The number of ketones is 1. The van der Waals surface area contributed by atoms with E-state index in [1.54, 1.807) is 7.11 Å². The van der Waals surface area contributed by atoms with Crippen molar-refractivity contribution in [3.05, 3.63) is 28.3 Å². The normalized spacial score (nSPS) is 19.0. The molecule has 0 fully saturated rings. The molecule has 1 unspecified atom stereocenters. The molecular formula is C16H22O2. The number of benzene rings is 1. The Bertz CT molecular complexity index is 486. The van der Waals surface area contributed by atoms with Gasteiger partial charge in [0.2, 0.25) is 0 Å². The predicted molar refractivity (Wildman–Crippen MR) is 73.6 cm³/mol. The molecule has 0 N–H and O–H groups in total. The van der Waals surface area contributed by atoms with Crippen LogP contribution in [0.1, 0.15) is 60.2 Å². The number of aryl methyl sites for hydroxylation is 1. The first-order valence-electron chi connectivity index (χ1n) is 6.69. The van der Waals surface area contributed by atoms with Gasteiger partial charge in [0.05, 0.1) is 7.11 Å². The van der Waals surface area contributed by atoms with Crippen LogP contribution >= 0.6 is 0 Å². The molecule has 0 saturated carbocycles. The van der Waals surface area contributed by atoms with Crippen molar-refractivity contribution in [1.82, 2.24) is 0 Å². The Balaban J connectivity index is 2.72. The second-order valence-corrected chi connectivity index (χ2v) is 5.75. The maximum Gasteiger partial charge on any atom is 0.163 e. The van der Waals surface area contributed by atoms with Crippen molar-refractivity contribution in [1.29, 1.82) is 0 Å². The predicted octanol–water partition coefficient (Wildman–Crippen LogP) is 3.89. The Hall–Kier alpha value is -1.31. The summed E-state index contributed by atoms with van der Waals surface area (Å²) in [4.78, 5) is 12.3. The molecule has 0 radical (unpaired) electrons. The molecule has 1 aromatic carbocycles. The largest absolute Gasteiger partial charge is 0.496 e. The van der Waals surface area contributed by atoms with E-state index < -0.39 is 0 Å². The smallest absolute Gasteiger partial charge is 0.163 e. The summed E-state index contributed by atoms with van der Waals surface area (Å²) in [5.41, 5.74) is 4.46. The number of hydrogen-bond acceptors (Lipinski definition) is 2. The first-order valence-corrected chi connectivity index (χ1v) is 6.69. The molecule has 2 heteroatoms. The molecule has 18 heavy (non-hydrogen) atoms. The fourth-order valence-electron chi connectivity index (χ4n) is 3.11. The summed E-state index contributed by atoms with van der Waals surface area (Å²) in [5, 5.41) is 0. The Morgan fingerprint density at radius 2 is 2.00 bits per heavy atom. The van der Waals surface area contributed by atoms with Gasteiger partial charge in [-0.05, 0) is 42.4 Å². The van der Waals surface area contributed by atoms with Gasteiger partial charge < -0.3 is 4.74 Å². The van der Waals surface area contributed by atoms with Crippen LogP contribution in [0.25, 0.3) is 0 Å². The molecule has 1 aliphatic carbocycles. The van der Waals surface area contributed by atoms with Gasteiger partial charge in [-0.3, -0.25) is 4.79 Å². The maximum absolute atomic E-state index is 12.3. The summed E-state index contributed by atoms with van der Waals surface area (Å²) in [7, 11) is 1.71. The van der Waals surface area contributed by atoms with Gasteiger partial charge in [-0.1, -0.05) is 20.8 Å². The SMILES string of the molecule is COc1cc(C)c2c(c1C(C)C)CC(C)CC2=O. The van der Waals surface area contributed by atoms with Crippen LogP contribution in [0.5, 0.6) is 5.75 Å². The van der Waals surface area contributed by atoms with Gasteiger partial charge in [0.25, 0.3) is 0 Å². The van der Waals surface area contributed by atoms with Crippen molar-refractivity contribution in [2.45, 2.75) is 46.5 Å². The topological polar surface area (TPSA) is 26.3 Å². The molecule has 0 amide bonds. The second-order valence-electron chi connectivity index (χ2n) is 5.75. The van der Waals surface area contributed by atoms with Crippen LogP contribution in [-0.2, 0) is 6.42 Å². The van der Waals surface area contributed by atoms with Gasteiger partial charge in [0.1, 0.15) is 5.75 Å². The fourth-order valence-corrected chi connectivity index (χ4v) is 3.11. The van der Waals surface area contributed by atoms with Crippen LogP contribution < -0.4 is 4.74 Å². The molecule has 1 atom stereocenters. The van der Waals surface area contributed by atoms with Crippen molar-refractivity contribution in [2.24, 2.45) is 5.92 Å². The van der Waals surface area contributed by atoms with E-state index in [9.17, 15) is 4.79 Å². The third-order valence-electron chi connectivity index (χ3n) is 3.80. The highest BCUT2D eigenvalue weighted by Crippen LogP contribution is 2.39. The van der Waals surface area contributed by atoms with Crippen LogP contribution in [0.3, 0.4) is 0 Å². The molecule has 0 aliphatic heterocycles. The van der Waals surface area contributed by atoms with E-state index in [1.165, 1.54) is 11.1 Å². The minimum absolute atomic E-state index is 0.297. The quantitative estimate of drug-likeness (QED) is 0.791. The molecule has 98 valence electrons. The van der Waals surface area contributed by atoms with E-state index >= 15 is 0 Å². The van der Waals surface area contributed by atoms with Crippen molar-refractivity contribution < 1.29 is 9.53 Å². The molecule has 0 saturated heterocycles. The van der Waals surface area contributed by atoms with E-state index in [4.69, 9.17) is 4.74 Å². The van der Waals surface area contributed by atoms with Crippen LogP contribution in [0.4, 0.5) is 0 Å². The number of rotatable bonds is 2. The minimum atomic E-state index is 0.297. The lowest BCUT2D eigenvalue weighted by atomic mass is 9.77. The summed E-state index contributed by atoms with van der Waals surface area (Å²) >= 11 is 0. The van der Waals surface area contributed by atoms with Gasteiger partial charge in [0.15, 0.2) is 5.78 Å². The summed E-state index contributed by atoms with van der Waals surface area (Å²) in [6.45, 7) is 8.49. The van der Waals surface area contributed by atoms with Gasteiger partial charge in [-0.2, -0.15) is 0 Å². The van der Waals surface area contributed by atoms with Gasteiger partial charge in [-0.25, -0.2) is 0 Å². The third-order valence-corrected chi connectivity index (χ3v) is 3.80. The van der Waals surface area contributed by atoms with Crippen molar-refractivity contribution in [2.75, 3.05) is 7.11 Å². The zero-order chi connectivity index (χ0) is 13.4. The average molecular weight is 246 g/mol. The molecule has 1 aromatic rings. The Labute approximate surface area is 109 Å². The number of Topliss-reactive ketones (excluding diaryl/α,β-unsaturated/α-hetero) is 1. The van der Waals surface area contributed by atoms with Crippen molar-refractivity contribution in [3.63, 3.8) is 0 Å². The Morgan fingerprint density at radius 3 is 2.56 bits per heavy atom. The van der Waals surface area contributed by atoms with E-state index in [1.807, 2.05) is 13.0 Å². The van der Waals surface area contributed by atoms with Crippen LogP contribution in [0, 0.1) is 12.8 Å². The number of carbonyl (C=O) groups is 1. The number of ether oxygens (including phenoxy) is 1. The second kappa shape index (κ2) is 4.75. The lowest BCUT2D eigenvalue weighted by Crippen LogP contribution is -2.21. The van der Waals surface area contributed by atoms with E-state index in [-0.39, 0.29) is 0 Å². The van der Waals surface area contributed by atoms with Crippen LogP contribution in [-0.4, -0.2) is 12.9 Å². The highest BCUT2D eigenvalue weighted by molar-refractivity contribution is 6.00. The van der Waals surface area contributed by atoms with Crippen molar-refractivity contribution >= 4 is 5.78 Å². The Morgan fingerprint density at radius 1 is 1.33 bits per heavy atom. The summed E-state index contributed by atoms with van der Waals surface area (Å²) in [6, 6.07) is 2.02. The van der Waals surface area contributed by atoms with Gasteiger partial charge >= 0.3 is 0 Å². The molecular weight excluding hydrogens is 224 g/mol. The lowest BCUT2D eigenvalue weighted by Gasteiger charge is -2.27. The van der Waals surface area contributed by atoms with Crippen LogP contribution in [0.15, 0.2) is 6.07 Å². The molecule has 2 rings (SSSR count). The Kier molecular flexibility index (Phi) is 3.47. The first kappa shape index (κ1) is 13.1. The highest BCUT2D eigenvalue weighted by atomic mass is 16.5. The van der Waals surface area contributed by atoms with E-state index in [0.717, 1.165) is 23.3 Å². The van der Waals surface area contributed by atoms with Crippen molar-refractivity contribution in [3.8, 4) is 5.75 Å². The number of methoxy groups -OCH3 is 1. The molecule has 1 aliphatic rings. The number of hydrogen-bond donors (Lipinski definition) is 0. The molecule has 0 bridgehead atoms. The third kappa shape index (κ3) is 2.05. The lowest BCUT2D eigenvalue weighted by molar-refractivity contribution is 0.0952. The monoisotopic (exact) mass is 246 g/mol. The highest BCUT2D eigenvalue weighted by Gasteiger charge is 2.29. The standard InChI is InChI=1S/C16H22O2/c1-9(2)15-12-6-10(3)7-13(17)16(12)11(4)8-14(15)18-5/h8-10H,6-7H2,1-5H3. The maximum atomic E-state index is 12.3. The fraction of sp³-hybridized carbons (Fsp3) is 0.562. The van der Waals surface area contributed by atoms with Gasteiger partial charge in [0, 0.05) is 17.5 Å². The molecule has 0 aromatic heterocycles. The summed E-state index contributed by atoms with van der Waals surface area (Å²) < 4.78 is 5.51. The zero-order valence-corrected chi connectivity index (χ0v) is 12.0. The van der Waals surface area contributed by atoms with Crippen LogP contribution in [0.2, 0.25) is 0 Å². The summed E-state index contributed by atoms with van der Waals surface area (Å²) in [5.74, 6) is 2.05. The van der Waals surface area contributed by atoms with E-state index in [2.05, 4.69) is 20.8 Å². The number of fused-ring (bicyclic) bond motifs is 1. The zero-order valence-electron chi connectivity index (χ0n) is 12.0.